The van der Waals surface area contributed by atoms with Gasteiger partial charge in [-0.05, 0) is 36.6 Å². The van der Waals surface area contributed by atoms with Crippen LogP contribution in [-0.2, 0) is 9.59 Å². The molecule has 2 rings (SSSR count). The SMILES string of the molecule is COc1cc(Br)c(/C=C2\SC(=S)N(CCCCCC(=O)O)C2=O)cc1OC. The van der Waals surface area contributed by atoms with Crippen molar-refractivity contribution in [2.75, 3.05) is 20.8 Å². The van der Waals surface area contributed by atoms with E-state index in [1.807, 2.05) is 0 Å². The number of carboxylic acid groups (broad SMARTS) is 1. The predicted molar refractivity (Wildman–Crippen MR) is 113 cm³/mol. The maximum Gasteiger partial charge on any atom is 0.303 e. The summed E-state index contributed by atoms with van der Waals surface area (Å²) in [5.74, 6) is 0.227. The maximum absolute atomic E-state index is 12.7. The Kier molecular flexibility index (Phi) is 8.12. The molecule has 0 atom stereocenters. The highest BCUT2D eigenvalue weighted by Gasteiger charge is 2.31. The van der Waals surface area contributed by atoms with Crippen LogP contribution < -0.4 is 9.47 Å². The normalized spacial score (nSPS) is 15.5. The molecule has 1 fully saturated rings. The molecular weight excluding hydrogens is 454 g/mol. The highest BCUT2D eigenvalue weighted by molar-refractivity contribution is 9.10. The number of unbranched alkanes of at least 4 members (excludes halogenated alkanes) is 2. The number of thioether (sulfide) groups is 1. The van der Waals surface area contributed by atoms with Gasteiger partial charge in [-0.15, -0.1) is 0 Å². The summed E-state index contributed by atoms with van der Waals surface area (Å²) in [6.45, 7) is 0.495. The molecular formula is C18H20BrNO5S2. The van der Waals surface area contributed by atoms with Gasteiger partial charge in [-0.3, -0.25) is 14.5 Å². The maximum atomic E-state index is 12.7. The lowest BCUT2D eigenvalue weighted by molar-refractivity contribution is -0.137. The zero-order chi connectivity index (χ0) is 20.0. The molecule has 0 aliphatic carbocycles. The van der Waals surface area contributed by atoms with Gasteiger partial charge in [0.2, 0.25) is 0 Å². The van der Waals surface area contributed by atoms with E-state index in [0.29, 0.717) is 40.1 Å². The van der Waals surface area contributed by atoms with Gasteiger partial charge >= 0.3 is 5.97 Å². The molecule has 1 amide bonds. The average Bonchev–Trinajstić information content (AvgIpc) is 2.89. The number of carbonyl (C=O) groups is 2. The molecule has 1 aromatic carbocycles. The van der Waals surface area contributed by atoms with E-state index in [4.69, 9.17) is 26.8 Å². The van der Waals surface area contributed by atoms with E-state index in [0.717, 1.165) is 16.5 Å². The largest absolute Gasteiger partial charge is 0.493 e. The Bertz CT molecular complexity index is 781. The molecule has 6 nitrogen and oxygen atoms in total. The summed E-state index contributed by atoms with van der Waals surface area (Å²) in [5.41, 5.74) is 0.787. The number of methoxy groups -OCH3 is 2. The summed E-state index contributed by atoms with van der Waals surface area (Å²) in [6.07, 6.45) is 3.97. The second kappa shape index (κ2) is 10.1. The van der Waals surface area contributed by atoms with Gasteiger partial charge in [-0.1, -0.05) is 46.3 Å². The van der Waals surface area contributed by atoms with E-state index in [2.05, 4.69) is 15.9 Å². The number of amides is 1. The monoisotopic (exact) mass is 473 g/mol. The van der Waals surface area contributed by atoms with Gasteiger partial charge in [0.25, 0.3) is 5.91 Å². The van der Waals surface area contributed by atoms with E-state index in [1.165, 1.54) is 11.8 Å². The first-order valence-corrected chi connectivity index (χ1v) is 10.3. The molecule has 1 aliphatic rings. The van der Waals surface area contributed by atoms with Crippen LogP contribution in [0.5, 0.6) is 11.5 Å². The molecule has 1 saturated heterocycles. The van der Waals surface area contributed by atoms with E-state index in [1.54, 1.807) is 37.3 Å². The van der Waals surface area contributed by atoms with Crippen molar-refractivity contribution in [3.8, 4) is 11.5 Å². The van der Waals surface area contributed by atoms with Gasteiger partial charge in [0.1, 0.15) is 4.32 Å². The fraction of sp³-hybridized carbons (Fsp3) is 0.389. The molecule has 0 radical (unpaired) electrons. The van der Waals surface area contributed by atoms with Gasteiger partial charge < -0.3 is 14.6 Å². The smallest absolute Gasteiger partial charge is 0.303 e. The molecule has 1 heterocycles. The summed E-state index contributed by atoms with van der Waals surface area (Å²) in [5, 5.41) is 8.66. The Morgan fingerprint density at radius 1 is 1.26 bits per heavy atom. The summed E-state index contributed by atoms with van der Waals surface area (Å²) < 4.78 is 11.9. The van der Waals surface area contributed by atoms with Crippen LogP contribution in [0.25, 0.3) is 6.08 Å². The minimum absolute atomic E-state index is 0.134. The van der Waals surface area contributed by atoms with Crippen molar-refractivity contribution in [3.05, 3.63) is 27.1 Å². The minimum atomic E-state index is -0.802. The van der Waals surface area contributed by atoms with Crippen LogP contribution in [0.3, 0.4) is 0 Å². The zero-order valence-corrected chi connectivity index (χ0v) is 18.2. The second-order valence-corrected chi connectivity index (χ2v) is 8.30. The van der Waals surface area contributed by atoms with Crippen LogP contribution in [0, 0.1) is 0 Å². The summed E-state index contributed by atoms with van der Waals surface area (Å²) in [7, 11) is 3.12. The van der Waals surface area contributed by atoms with Gasteiger partial charge in [-0.25, -0.2) is 0 Å². The molecule has 146 valence electrons. The van der Waals surface area contributed by atoms with Crippen LogP contribution >= 0.6 is 39.9 Å². The first-order valence-electron chi connectivity index (χ1n) is 8.26. The van der Waals surface area contributed by atoms with Crippen LogP contribution in [0.2, 0.25) is 0 Å². The predicted octanol–water partition coefficient (Wildman–Crippen LogP) is 4.31. The molecule has 1 N–H and O–H groups in total. The lowest BCUT2D eigenvalue weighted by atomic mass is 10.1. The third-order valence-electron chi connectivity index (χ3n) is 3.94. The number of hydrogen-bond donors (Lipinski definition) is 1. The van der Waals surface area contributed by atoms with Crippen molar-refractivity contribution in [1.29, 1.82) is 0 Å². The lowest BCUT2D eigenvalue weighted by Crippen LogP contribution is -2.29. The van der Waals surface area contributed by atoms with E-state index < -0.39 is 5.97 Å². The third kappa shape index (κ3) is 5.70. The zero-order valence-electron chi connectivity index (χ0n) is 15.0. The summed E-state index contributed by atoms with van der Waals surface area (Å²) >= 11 is 10.1. The van der Waals surface area contributed by atoms with E-state index in [9.17, 15) is 9.59 Å². The average molecular weight is 474 g/mol. The molecule has 27 heavy (non-hydrogen) atoms. The number of aliphatic carboxylic acids is 1. The van der Waals surface area contributed by atoms with E-state index in [-0.39, 0.29) is 12.3 Å². The third-order valence-corrected chi connectivity index (χ3v) is 6.00. The molecule has 0 spiro atoms. The first-order chi connectivity index (χ1) is 12.9. The molecule has 0 aromatic heterocycles. The lowest BCUT2D eigenvalue weighted by Gasteiger charge is -2.14. The topological polar surface area (TPSA) is 76.1 Å². The van der Waals surface area contributed by atoms with Crippen molar-refractivity contribution in [3.63, 3.8) is 0 Å². The quantitative estimate of drug-likeness (QED) is 0.325. The fourth-order valence-corrected chi connectivity index (χ4v) is 4.27. The number of thiocarbonyl (C=S) groups is 1. The van der Waals surface area contributed by atoms with E-state index >= 15 is 0 Å². The fourth-order valence-electron chi connectivity index (χ4n) is 2.54. The Balaban J connectivity index is 2.08. The standard InChI is InChI=1S/C18H20BrNO5S2/c1-24-13-8-11(12(19)10-14(13)25-2)9-15-17(23)20(18(26)27-15)7-5-3-4-6-16(21)22/h8-10H,3-7H2,1-2H3,(H,21,22)/b15-9-. The summed E-state index contributed by atoms with van der Waals surface area (Å²) in [4.78, 5) is 25.3. The van der Waals surface area contributed by atoms with Gasteiger partial charge in [0.15, 0.2) is 11.5 Å². The Hall–Kier alpha value is -1.58. The Morgan fingerprint density at radius 3 is 2.56 bits per heavy atom. The summed E-state index contributed by atoms with van der Waals surface area (Å²) in [6, 6.07) is 3.58. The number of carbonyl (C=O) groups excluding carboxylic acids is 1. The molecule has 9 heteroatoms. The van der Waals surface area contributed by atoms with Crippen molar-refractivity contribution in [1.82, 2.24) is 4.90 Å². The first kappa shape index (κ1) is 21.7. The molecule has 1 aromatic rings. The molecule has 1 aliphatic heterocycles. The number of nitrogens with zero attached hydrogens (tertiary/aromatic N) is 1. The van der Waals surface area contributed by atoms with Crippen molar-refractivity contribution in [2.24, 2.45) is 0 Å². The number of rotatable bonds is 9. The van der Waals surface area contributed by atoms with Crippen LogP contribution in [0.1, 0.15) is 31.2 Å². The van der Waals surface area contributed by atoms with Crippen LogP contribution in [0.15, 0.2) is 21.5 Å². The number of ether oxygens (including phenoxy) is 2. The van der Waals surface area contributed by atoms with Crippen molar-refractivity contribution in [2.45, 2.75) is 25.7 Å². The molecule has 0 saturated carbocycles. The number of halogens is 1. The number of carboxylic acids is 1. The Labute approximate surface area is 176 Å². The minimum Gasteiger partial charge on any atom is -0.493 e. The van der Waals surface area contributed by atoms with Crippen LogP contribution in [0.4, 0.5) is 0 Å². The van der Waals surface area contributed by atoms with Gasteiger partial charge in [0.05, 0.1) is 19.1 Å². The number of benzene rings is 1. The van der Waals surface area contributed by atoms with Gasteiger partial charge in [-0.2, -0.15) is 0 Å². The Morgan fingerprint density at radius 2 is 1.93 bits per heavy atom. The van der Waals surface area contributed by atoms with Crippen molar-refractivity contribution < 1.29 is 24.2 Å². The van der Waals surface area contributed by atoms with Gasteiger partial charge in [0, 0.05) is 17.4 Å². The number of hydrogen-bond acceptors (Lipinski definition) is 6. The highest BCUT2D eigenvalue weighted by Crippen LogP contribution is 2.38. The molecule has 0 unspecified atom stereocenters. The second-order valence-electron chi connectivity index (χ2n) is 5.77. The van der Waals surface area contributed by atoms with Crippen molar-refractivity contribution >= 4 is 62.2 Å². The highest BCUT2D eigenvalue weighted by atomic mass is 79.9. The molecule has 0 bridgehead atoms. The van der Waals surface area contributed by atoms with Crippen LogP contribution in [-0.4, -0.2) is 47.0 Å².